The minimum Gasteiger partial charge on any atom is -0.474 e. The maximum absolute atomic E-state index is 12.1. The van der Waals surface area contributed by atoms with Crippen molar-refractivity contribution in [3.8, 4) is 5.88 Å². The number of hydrogen-bond acceptors (Lipinski definition) is 5. The van der Waals surface area contributed by atoms with E-state index in [2.05, 4.69) is 20.2 Å². The molecule has 1 aromatic heterocycles. The van der Waals surface area contributed by atoms with Crippen molar-refractivity contribution >= 4 is 11.9 Å². The molecule has 0 spiro atoms. The molecule has 2 fully saturated rings. The number of nitrogens with one attached hydrogen (secondary N) is 1. The largest absolute Gasteiger partial charge is 0.474 e. The number of rotatable bonds is 6. The van der Waals surface area contributed by atoms with E-state index in [4.69, 9.17) is 9.47 Å². The van der Waals surface area contributed by atoms with Crippen LogP contribution in [0.4, 0.5) is 0 Å². The van der Waals surface area contributed by atoms with Gasteiger partial charge in [0.25, 0.3) is 0 Å². The molecule has 7 heteroatoms. The molecule has 1 aliphatic heterocycles. The van der Waals surface area contributed by atoms with Gasteiger partial charge in [-0.1, -0.05) is 6.07 Å². The Labute approximate surface area is 167 Å². The molecule has 0 radical (unpaired) electrons. The van der Waals surface area contributed by atoms with E-state index in [1.165, 1.54) is 12.8 Å². The third kappa shape index (κ3) is 5.36. The summed E-state index contributed by atoms with van der Waals surface area (Å²) in [6.45, 7) is 4.37. The number of ether oxygens (including phenoxy) is 2. The van der Waals surface area contributed by atoms with Crippen LogP contribution in [-0.2, 0) is 16.1 Å². The molecule has 1 atom stereocenters. The highest BCUT2D eigenvalue weighted by molar-refractivity contribution is 5.81. The Balaban J connectivity index is 1.59. The van der Waals surface area contributed by atoms with Crippen molar-refractivity contribution in [2.75, 3.05) is 26.7 Å². The topological polar surface area (TPSA) is 76.0 Å². The third-order valence-corrected chi connectivity index (χ3v) is 5.42. The average Bonchev–Trinajstić information content (AvgIpc) is 3.23. The maximum Gasteiger partial charge on any atom is 0.310 e. The monoisotopic (exact) mass is 388 g/mol. The van der Waals surface area contributed by atoms with Gasteiger partial charge in [0.05, 0.1) is 12.5 Å². The van der Waals surface area contributed by atoms with Crippen LogP contribution in [0.3, 0.4) is 0 Å². The molecular weight excluding hydrogens is 356 g/mol. The van der Waals surface area contributed by atoms with Crippen molar-refractivity contribution in [1.82, 2.24) is 15.2 Å². The minimum atomic E-state index is -0.109. The van der Waals surface area contributed by atoms with Crippen LogP contribution < -0.4 is 10.1 Å². The molecule has 7 nitrogen and oxygen atoms in total. The first-order valence-electron chi connectivity index (χ1n) is 10.4. The second kappa shape index (κ2) is 10.3. The number of aliphatic imine (C=N–C) groups is 1. The Morgan fingerprint density at radius 3 is 2.89 bits per heavy atom. The number of aromatic nitrogens is 1. The van der Waals surface area contributed by atoms with Gasteiger partial charge in [0.15, 0.2) is 5.96 Å². The Bertz CT molecular complexity index is 673. The summed E-state index contributed by atoms with van der Waals surface area (Å²) in [6.07, 6.45) is 8.55. The molecular formula is C21H32N4O3. The molecule has 0 aromatic carbocycles. The van der Waals surface area contributed by atoms with E-state index in [1.807, 2.05) is 19.1 Å². The highest BCUT2D eigenvalue weighted by Crippen LogP contribution is 2.25. The molecule has 1 aliphatic carbocycles. The molecule has 2 heterocycles. The number of carbonyl (C=O) groups is 1. The average molecular weight is 389 g/mol. The molecule has 1 unspecified atom stereocenters. The number of piperidine rings is 1. The first-order valence-corrected chi connectivity index (χ1v) is 10.4. The lowest BCUT2D eigenvalue weighted by molar-refractivity contribution is -0.149. The van der Waals surface area contributed by atoms with E-state index < -0.39 is 0 Å². The number of carbonyl (C=O) groups excluding carboxylic acids is 1. The Morgan fingerprint density at radius 2 is 2.14 bits per heavy atom. The van der Waals surface area contributed by atoms with Crippen molar-refractivity contribution in [2.24, 2.45) is 10.9 Å². The zero-order chi connectivity index (χ0) is 19.8. The van der Waals surface area contributed by atoms with Gasteiger partial charge in [-0.2, -0.15) is 0 Å². The lowest BCUT2D eigenvalue weighted by Gasteiger charge is -2.34. The molecule has 0 amide bonds. The number of esters is 1. The predicted octanol–water partition coefficient (Wildman–Crippen LogP) is 2.75. The smallest absolute Gasteiger partial charge is 0.310 e. The van der Waals surface area contributed by atoms with E-state index in [-0.39, 0.29) is 18.0 Å². The zero-order valence-electron chi connectivity index (χ0n) is 17.0. The van der Waals surface area contributed by atoms with Crippen molar-refractivity contribution in [1.29, 1.82) is 0 Å². The summed E-state index contributed by atoms with van der Waals surface area (Å²) in [5, 5.41) is 3.42. The molecule has 1 saturated carbocycles. The molecule has 3 rings (SSSR count). The number of guanidine groups is 1. The molecule has 28 heavy (non-hydrogen) atoms. The van der Waals surface area contributed by atoms with Gasteiger partial charge in [-0.3, -0.25) is 9.79 Å². The number of nitrogens with zero attached hydrogens (tertiary/aromatic N) is 3. The summed E-state index contributed by atoms with van der Waals surface area (Å²) in [4.78, 5) is 23.1. The van der Waals surface area contributed by atoms with Crippen molar-refractivity contribution in [3.05, 3.63) is 23.9 Å². The summed E-state index contributed by atoms with van der Waals surface area (Å²) >= 11 is 0. The SMILES string of the molecule is CCOC(=O)C1CCCN(C(=NC)NCc2cccnc2OC2CCCC2)C1. The quantitative estimate of drug-likeness (QED) is 0.459. The van der Waals surface area contributed by atoms with Gasteiger partial charge in [0, 0.05) is 38.4 Å². The first-order chi connectivity index (χ1) is 13.7. The van der Waals surface area contributed by atoms with Gasteiger partial charge in [-0.05, 0) is 51.5 Å². The normalized spacial score (nSPS) is 20.9. The van der Waals surface area contributed by atoms with Crippen LogP contribution in [-0.4, -0.2) is 54.7 Å². The van der Waals surface area contributed by atoms with Gasteiger partial charge in [-0.15, -0.1) is 0 Å². The minimum absolute atomic E-state index is 0.0908. The van der Waals surface area contributed by atoms with Crippen LogP contribution in [0.2, 0.25) is 0 Å². The maximum atomic E-state index is 12.1. The van der Waals surface area contributed by atoms with Gasteiger partial charge in [0.2, 0.25) is 5.88 Å². The van der Waals surface area contributed by atoms with E-state index in [1.54, 1.807) is 13.2 Å². The lowest BCUT2D eigenvalue weighted by Crippen LogP contribution is -2.48. The van der Waals surface area contributed by atoms with Crippen molar-refractivity contribution in [3.63, 3.8) is 0 Å². The van der Waals surface area contributed by atoms with Crippen LogP contribution in [0.25, 0.3) is 0 Å². The molecule has 2 aliphatic rings. The van der Waals surface area contributed by atoms with Gasteiger partial charge in [0.1, 0.15) is 6.10 Å². The van der Waals surface area contributed by atoms with Gasteiger partial charge < -0.3 is 19.7 Å². The van der Waals surface area contributed by atoms with Crippen LogP contribution >= 0.6 is 0 Å². The van der Waals surface area contributed by atoms with E-state index in [9.17, 15) is 4.79 Å². The summed E-state index contributed by atoms with van der Waals surface area (Å²) in [5.74, 6) is 1.30. The van der Waals surface area contributed by atoms with Gasteiger partial charge >= 0.3 is 5.97 Å². The third-order valence-electron chi connectivity index (χ3n) is 5.42. The summed E-state index contributed by atoms with van der Waals surface area (Å²) in [7, 11) is 1.77. The summed E-state index contributed by atoms with van der Waals surface area (Å²) < 4.78 is 11.3. The number of pyridine rings is 1. The number of hydrogen-bond donors (Lipinski definition) is 1. The van der Waals surface area contributed by atoms with Crippen molar-refractivity contribution < 1.29 is 14.3 Å². The Morgan fingerprint density at radius 1 is 1.32 bits per heavy atom. The molecule has 1 aromatic rings. The van der Waals surface area contributed by atoms with E-state index in [0.717, 1.165) is 43.8 Å². The molecule has 0 bridgehead atoms. The number of likely N-dealkylation sites (tertiary alicyclic amines) is 1. The predicted molar refractivity (Wildman–Crippen MR) is 108 cm³/mol. The second-order valence-electron chi connectivity index (χ2n) is 7.43. The highest BCUT2D eigenvalue weighted by atomic mass is 16.5. The fourth-order valence-electron chi connectivity index (χ4n) is 3.96. The zero-order valence-corrected chi connectivity index (χ0v) is 17.0. The van der Waals surface area contributed by atoms with Crippen LogP contribution in [0.1, 0.15) is 51.0 Å². The Kier molecular flexibility index (Phi) is 7.51. The van der Waals surface area contributed by atoms with Crippen LogP contribution in [0.15, 0.2) is 23.3 Å². The summed E-state index contributed by atoms with van der Waals surface area (Å²) in [5.41, 5.74) is 1.02. The lowest BCUT2D eigenvalue weighted by atomic mass is 9.98. The molecule has 1 saturated heterocycles. The van der Waals surface area contributed by atoms with Gasteiger partial charge in [-0.25, -0.2) is 4.98 Å². The second-order valence-corrected chi connectivity index (χ2v) is 7.43. The van der Waals surface area contributed by atoms with Crippen LogP contribution in [0.5, 0.6) is 5.88 Å². The van der Waals surface area contributed by atoms with Crippen molar-refractivity contribution in [2.45, 2.75) is 58.1 Å². The first kappa shape index (κ1) is 20.4. The molecule has 154 valence electrons. The van der Waals surface area contributed by atoms with Crippen LogP contribution in [0, 0.1) is 5.92 Å². The standard InChI is InChI=1S/C21H32N4O3/c1-3-27-20(26)17-9-7-13-25(15-17)21(22-2)24-14-16-8-6-12-23-19(16)28-18-10-4-5-11-18/h6,8,12,17-18H,3-5,7,9-11,13-15H2,1-2H3,(H,22,24). The summed E-state index contributed by atoms with van der Waals surface area (Å²) in [6, 6.07) is 3.97. The highest BCUT2D eigenvalue weighted by Gasteiger charge is 2.28. The fraction of sp³-hybridized carbons (Fsp3) is 0.667. The molecule has 1 N–H and O–H groups in total. The fourth-order valence-corrected chi connectivity index (χ4v) is 3.96. The Hall–Kier alpha value is -2.31. The van der Waals surface area contributed by atoms with E-state index in [0.29, 0.717) is 25.6 Å². The van der Waals surface area contributed by atoms with E-state index >= 15 is 0 Å².